The van der Waals surface area contributed by atoms with Crippen molar-refractivity contribution in [3.63, 3.8) is 0 Å². The van der Waals surface area contributed by atoms with Gasteiger partial charge in [-0.25, -0.2) is 8.42 Å². The number of benzene rings is 1. The summed E-state index contributed by atoms with van der Waals surface area (Å²) in [6.45, 7) is 0. The second-order valence-corrected chi connectivity index (χ2v) is 7.30. The SMILES string of the molecule is O=S1(=O)[C@H]2C=C(Cc3ccccc3)[C@@H]1CCC2. The van der Waals surface area contributed by atoms with Gasteiger partial charge in [-0.05, 0) is 24.8 Å². The molecule has 1 fully saturated rings. The van der Waals surface area contributed by atoms with Gasteiger partial charge in [-0.2, -0.15) is 0 Å². The number of sulfone groups is 1. The molecule has 3 heteroatoms. The predicted octanol–water partition coefficient (Wildman–Crippen LogP) is 2.51. The first-order valence-electron chi connectivity index (χ1n) is 6.15. The smallest absolute Gasteiger partial charge is 0.163 e. The van der Waals surface area contributed by atoms with Gasteiger partial charge in [0.1, 0.15) is 0 Å². The summed E-state index contributed by atoms with van der Waals surface area (Å²) in [5.74, 6) is 0. The molecule has 0 aromatic heterocycles. The van der Waals surface area contributed by atoms with E-state index in [1.165, 1.54) is 5.56 Å². The molecular formula is C14H16O2S. The fourth-order valence-electron chi connectivity index (χ4n) is 2.97. The van der Waals surface area contributed by atoms with Crippen LogP contribution in [0.2, 0.25) is 0 Å². The molecule has 1 aromatic carbocycles. The summed E-state index contributed by atoms with van der Waals surface area (Å²) in [6, 6.07) is 10.1. The van der Waals surface area contributed by atoms with Gasteiger partial charge in [0.05, 0.1) is 10.5 Å². The maximum atomic E-state index is 12.1. The van der Waals surface area contributed by atoms with E-state index in [4.69, 9.17) is 0 Å². The minimum atomic E-state index is -2.89. The molecule has 2 bridgehead atoms. The van der Waals surface area contributed by atoms with Crippen LogP contribution in [0.15, 0.2) is 42.0 Å². The van der Waals surface area contributed by atoms with Gasteiger partial charge in [-0.15, -0.1) is 0 Å². The summed E-state index contributed by atoms with van der Waals surface area (Å²) in [6.07, 6.45) is 5.49. The Kier molecular flexibility index (Phi) is 2.58. The third kappa shape index (κ3) is 1.82. The summed E-state index contributed by atoms with van der Waals surface area (Å²) in [5, 5.41) is -0.388. The summed E-state index contributed by atoms with van der Waals surface area (Å²) < 4.78 is 24.2. The van der Waals surface area contributed by atoms with Crippen molar-refractivity contribution in [2.45, 2.75) is 36.2 Å². The van der Waals surface area contributed by atoms with Crippen molar-refractivity contribution in [2.24, 2.45) is 0 Å². The highest BCUT2D eigenvalue weighted by molar-refractivity contribution is 7.93. The van der Waals surface area contributed by atoms with E-state index in [1.54, 1.807) is 0 Å². The Hall–Kier alpha value is -1.09. The quantitative estimate of drug-likeness (QED) is 0.754. The van der Waals surface area contributed by atoms with Crippen molar-refractivity contribution < 1.29 is 8.42 Å². The Bertz CT molecular complexity index is 543. The van der Waals surface area contributed by atoms with E-state index in [2.05, 4.69) is 12.1 Å². The van der Waals surface area contributed by atoms with E-state index < -0.39 is 9.84 Å². The highest BCUT2D eigenvalue weighted by Gasteiger charge is 2.43. The van der Waals surface area contributed by atoms with Gasteiger partial charge in [0, 0.05) is 0 Å². The van der Waals surface area contributed by atoms with Crippen LogP contribution < -0.4 is 0 Å². The first kappa shape index (κ1) is 11.0. The summed E-state index contributed by atoms with van der Waals surface area (Å²) in [4.78, 5) is 0. The molecule has 2 nitrogen and oxygen atoms in total. The van der Waals surface area contributed by atoms with Gasteiger partial charge in [0.15, 0.2) is 9.84 Å². The lowest BCUT2D eigenvalue weighted by Gasteiger charge is -2.21. The van der Waals surface area contributed by atoms with Crippen LogP contribution in [0.3, 0.4) is 0 Å². The van der Waals surface area contributed by atoms with Gasteiger partial charge in [-0.1, -0.05) is 48.4 Å². The molecule has 17 heavy (non-hydrogen) atoms. The molecule has 0 saturated carbocycles. The lowest BCUT2D eigenvalue weighted by Crippen LogP contribution is -2.30. The van der Waals surface area contributed by atoms with Gasteiger partial charge < -0.3 is 0 Å². The fourth-order valence-corrected chi connectivity index (χ4v) is 5.33. The Balaban J connectivity index is 1.89. The Morgan fingerprint density at radius 2 is 1.88 bits per heavy atom. The first-order chi connectivity index (χ1) is 8.18. The Morgan fingerprint density at radius 1 is 1.12 bits per heavy atom. The Labute approximate surface area is 102 Å². The highest BCUT2D eigenvalue weighted by Crippen LogP contribution is 2.38. The van der Waals surface area contributed by atoms with Gasteiger partial charge in [0.25, 0.3) is 0 Å². The van der Waals surface area contributed by atoms with E-state index in [1.807, 2.05) is 24.3 Å². The van der Waals surface area contributed by atoms with Gasteiger partial charge >= 0.3 is 0 Å². The van der Waals surface area contributed by atoms with E-state index in [0.717, 1.165) is 31.3 Å². The molecule has 2 aliphatic heterocycles. The van der Waals surface area contributed by atoms with Crippen LogP contribution in [0, 0.1) is 0 Å². The maximum Gasteiger partial charge on any atom is 0.163 e. The first-order valence-corrected chi connectivity index (χ1v) is 7.76. The zero-order valence-electron chi connectivity index (χ0n) is 9.67. The monoisotopic (exact) mass is 248 g/mol. The molecule has 1 saturated heterocycles. The second-order valence-electron chi connectivity index (χ2n) is 4.95. The van der Waals surface area contributed by atoms with Crippen LogP contribution >= 0.6 is 0 Å². The lowest BCUT2D eigenvalue weighted by atomic mass is 10.0. The molecule has 2 heterocycles. The maximum absolute atomic E-state index is 12.1. The minimum Gasteiger partial charge on any atom is -0.228 e. The molecule has 0 amide bonds. The molecule has 3 rings (SSSR count). The van der Waals surface area contributed by atoms with Crippen LogP contribution in [0.1, 0.15) is 24.8 Å². The van der Waals surface area contributed by atoms with Crippen LogP contribution in [-0.4, -0.2) is 18.9 Å². The summed E-state index contributed by atoms with van der Waals surface area (Å²) >= 11 is 0. The number of hydrogen-bond donors (Lipinski definition) is 0. The van der Waals surface area contributed by atoms with Crippen molar-refractivity contribution in [3.8, 4) is 0 Å². The number of hydrogen-bond acceptors (Lipinski definition) is 2. The van der Waals surface area contributed by atoms with E-state index in [0.29, 0.717) is 0 Å². The number of rotatable bonds is 2. The van der Waals surface area contributed by atoms with Gasteiger partial charge in [0.2, 0.25) is 0 Å². The third-order valence-corrected chi connectivity index (χ3v) is 6.39. The third-order valence-electron chi connectivity index (χ3n) is 3.84. The molecule has 0 spiro atoms. The second kappa shape index (κ2) is 3.98. The molecule has 0 N–H and O–H groups in total. The van der Waals surface area contributed by atoms with Crippen LogP contribution in [0.25, 0.3) is 0 Å². The number of fused-ring (bicyclic) bond motifs is 2. The molecule has 0 radical (unpaired) electrons. The highest BCUT2D eigenvalue weighted by atomic mass is 32.2. The largest absolute Gasteiger partial charge is 0.228 e. The molecule has 0 unspecified atom stereocenters. The predicted molar refractivity (Wildman–Crippen MR) is 68.6 cm³/mol. The zero-order chi connectivity index (χ0) is 11.9. The standard InChI is InChI=1S/C14H16O2S/c15-17(16)13-7-4-8-14(17)12(10-13)9-11-5-2-1-3-6-11/h1-3,5-6,10,13-14H,4,7-9H2/t13-,14+/m1/s1. The van der Waals surface area contributed by atoms with Crippen molar-refractivity contribution in [3.05, 3.63) is 47.5 Å². The minimum absolute atomic E-state index is 0.193. The van der Waals surface area contributed by atoms with Crippen molar-refractivity contribution in [1.29, 1.82) is 0 Å². The van der Waals surface area contributed by atoms with Crippen molar-refractivity contribution in [1.82, 2.24) is 0 Å². The van der Waals surface area contributed by atoms with Crippen molar-refractivity contribution in [2.75, 3.05) is 0 Å². The molecule has 2 atom stereocenters. The van der Waals surface area contributed by atoms with Crippen LogP contribution in [-0.2, 0) is 16.3 Å². The van der Waals surface area contributed by atoms with Gasteiger partial charge in [-0.3, -0.25) is 0 Å². The van der Waals surface area contributed by atoms with Crippen molar-refractivity contribution >= 4 is 9.84 Å². The van der Waals surface area contributed by atoms with E-state index >= 15 is 0 Å². The topological polar surface area (TPSA) is 34.1 Å². The van der Waals surface area contributed by atoms with Crippen LogP contribution in [0.4, 0.5) is 0 Å². The fraction of sp³-hybridized carbons (Fsp3) is 0.429. The average molecular weight is 248 g/mol. The molecule has 0 aliphatic carbocycles. The molecule has 90 valence electrons. The summed E-state index contributed by atoms with van der Waals surface area (Å²) in [7, 11) is -2.89. The van der Waals surface area contributed by atoms with E-state index in [-0.39, 0.29) is 10.5 Å². The van der Waals surface area contributed by atoms with E-state index in [9.17, 15) is 8.42 Å². The molecule has 1 aromatic rings. The normalized spacial score (nSPS) is 30.0. The summed E-state index contributed by atoms with van der Waals surface area (Å²) in [5.41, 5.74) is 2.33. The van der Waals surface area contributed by atoms with Crippen LogP contribution in [0.5, 0.6) is 0 Å². The molecule has 2 aliphatic rings. The average Bonchev–Trinajstić information content (AvgIpc) is 2.50. The zero-order valence-corrected chi connectivity index (χ0v) is 10.5. The molecular weight excluding hydrogens is 232 g/mol. The Morgan fingerprint density at radius 3 is 2.59 bits per heavy atom. The lowest BCUT2D eigenvalue weighted by molar-refractivity contribution is 0.548.